The Morgan fingerprint density at radius 2 is 1.56 bits per heavy atom. The van der Waals surface area contributed by atoms with Gasteiger partial charge in [0.1, 0.15) is 6.29 Å². The van der Waals surface area contributed by atoms with Crippen molar-refractivity contribution in [1.82, 2.24) is 0 Å². The molecule has 2 aromatic carbocycles. The van der Waals surface area contributed by atoms with Crippen molar-refractivity contribution in [2.24, 2.45) is 0 Å². The average molecular weight is 238 g/mol. The van der Waals surface area contributed by atoms with Crippen LogP contribution in [-0.2, 0) is 5.41 Å². The normalized spacial score (nSPS) is 11.3. The summed E-state index contributed by atoms with van der Waals surface area (Å²) < 4.78 is 0. The number of aldehydes is 1. The Morgan fingerprint density at radius 1 is 0.889 bits per heavy atom. The average Bonchev–Trinajstić information content (AvgIpc) is 2.38. The van der Waals surface area contributed by atoms with Crippen molar-refractivity contribution >= 4 is 6.29 Å². The monoisotopic (exact) mass is 238 g/mol. The molecule has 0 fully saturated rings. The van der Waals surface area contributed by atoms with Gasteiger partial charge in [-0.05, 0) is 28.2 Å². The summed E-state index contributed by atoms with van der Waals surface area (Å²) in [6, 6.07) is 16.2. The van der Waals surface area contributed by atoms with Crippen LogP contribution in [0.3, 0.4) is 0 Å². The van der Waals surface area contributed by atoms with Gasteiger partial charge in [0.2, 0.25) is 0 Å². The molecule has 0 aromatic heterocycles. The van der Waals surface area contributed by atoms with E-state index in [4.69, 9.17) is 0 Å². The summed E-state index contributed by atoms with van der Waals surface area (Å²) in [5.74, 6) is 0. The van der Waals surface area contributed by atoms with E-state index in [0.717, 1.165) is 28.5 Å². The van der Waals surface area contributed by atoms with Crippen LogP contribution >= 0.6 is 0 Å². The first-order valence-corrected chi connectivity index (χ1v) is 6.17. The first-order chi connectivity index (χ1) is 8.52. The fraction of sp³-hybridized carbons (Fsp3) is 0.235. The molecule has 0 aliphatic carbocycles. The number of hydrogen-bond acceptors (Lipinski definition) is 1. The van der Waals surface area contributed by atoms with Gasteiger partial charge in [-0.1, -0.05) is 63.2 Å². The second-order valence-electron chi connectivity index (χ2n) is 5.54. The molecule has 0 aliphatic heterocycles. The maximum absolute atomic E-state index is 11.3. The quantitative estimate of drug-likeness (QED) is 0.706. The van der Waals surface area contributed by atoms with E-state index >= 15 is 0 Å². The molecule has 0 amide bonds. The third-order valence-corrected chi connectivity index (χ3v) is 3.09. The second kappa shape index (κ2) is 4.77. The summed E-state index contributed by atoms with van der Waals surface area (Å²) in [6.07, 6.45) is 0.951. The summed E-state index contributed by atoms with van der Waals surface area (Å²) in [6.45, 7) is 6.37. The zero-order valence-corrected chi connectivity index (χ0v) is 11.1. The first-order valence-electron chi connectivity index (χ1n) is 6.17. The number of carbonyl (C=O) groups excluding carboxylic acids is 1. The Labute approximate surface area is 108 Å². The molecule has 92 valence electrons. The van der Waals surface area contributed by atoms with Gasteiger partial charge in [-0.2, -0.15) is 0 Å². The van der Waals surface area contributed by atoms with E-state index in [9.17, 15) is 4.79 Å². The van der Waals surface area contributed by atoms with Crippen molar-refractivity contribution in [3.05, 3.63) is 59.7 Å². The van der Waals surface area contributed by atoms with Crippen LogP contribution in [0.15, 0.2) is 48.5 Å². The highest BCUT2D eigenvalue weighted by atomic mass is 16.1. The number of carbonyl (C=O) groups is 1. The molecule has 0 unspecified atom stereocenters. The fourth-order valence-corrected chi connectivity index (χ4v) is 2.15. The van der Waals surface area contributed by atoms with Gasteiger partial charge in [-0.15, -0.1) is 0 Å². The minimum absolute atomic E-state index is 0.00847. The van der Waals surface area contributed by atoms with E-state index in [1.807, 2.05) is 24.3 Å². The Bertz CT molecular complexity index is 548. The molecule has 0 aliphatic rings. The lowest BCUT2D eigenvalue weighted by atomic mass is 9.83. The molecular formula is C17H18O. The van der Waals surface area contributed by atoms with Gasteiger partial charge in [0.05, 0.1) is 0 Å². The van der Waals surface area contributed by atoms with Crippen LogP contribution in [0.5, 0.6) is 0 Å². The maximum atomic E-state index is 11.3. The van der Waals surface area contributed by atoms with Gasteiger partial charge in [-0.25, -0.2) is 0 Å². The third-order valence-electron chi connectivity index (χ3n) is 3.09. The number of rotatable bonds is 2. The van der Waals surface area contributed by atoms with Gasteiger partial charge in [0.25, 0.3) is 0 Å². The molecule has 1 heteroatoms. The Morgan fingerprint density at radius 3 is 2.11 bits per heavy atom. The molecule has 2 rings (SSSR count). The highest BCUT2D eigenvalue weighted by Gasteiger charge is 2.17. The smallest absolute Gasteiger partial charge is 0.150 e. The number of benzene rings is 2. The zero-order valence-electron chi connectivity index (χ0n) is 11.1. The fourth-order valence-electron chi connectivity index (χ4n) is 2.15. The van der Waals surface area contributed by atoms with E-state index in [1.54, 1.807) is 0 Å². The molecule has 0 bridgehead atoms. The molecule has 0 saturated heterocycles. The first kappa shape index (κ1) is 12.6. The molecule has 18 heavy (non-hydrogen) atoms. The van der Waals surface area contributed by atoms with Gasteiger partial charge in [0.15, 0.2) is 0 Å². The van der Waals surface area contributed by atoms with E-state index in [2.05, 4.69) is 45.0 Å². The molecule has 1 nitrogen and oxygen atoms in total. The van der Waals surface area contributed by atoms with E-state index < -0.39 is 0 Å². The lowest BCUT2D eigenvalue weighted by molar-refractivity contribution is 0.112. The molecule has 0 saturated carbocycles. The van der Waals surface area contributed by atoms with Crippen molar-refractivity contribution in [3.63, 3.8) is 0 Å². The number of hydrogen-bond donors (Lipinski definition) is 0. The van der Waals surface area contributed by atoms with Gasteiger partial charge in [-0.3, -0.25) is 4.79 Å². The van der Waals surface area contributed by atoms with E-state index in [-0.39, 0.29) is 5.41 Å². The van der Waals surface area contributed by atoms with Crippen molar-refractivity contribution < 1.29 is 4.79 Å². The molecule has 2 aromatic rings. The largest absolute Gasteiger partial charge is 0.298 e. The van der Waals surface area contributed by atoms with Crippen molar-refractivity contribution in [2.45, 2.75) is 26.2 Å². The predicted octanol–water partition coefficient (Wildman–Crippen LogP) is 4.46. The van der Waals surface area contributed by atoms with Gasteiger partial charge >= 0.3 is 0 Å². The Kier molecular flexibility index (Phi) is 3.33. The summed E-state index contributed by atoms with van der Waals surface area (Å²) in [4.78, 5) is 11.3. The summed E-state index contributed by atoms with van der Waals surface area (Å²) >= 11 is 0. The second-order valence-corrected chi connectivity index (χ2v) is 5.54. The molecule has 0 heterocycles. The molecule has 0 N–H and O–H groups in total. The third kappa shape index (κ3) is 2.51. The highest BCUT2D eigenvalue weighted by Crippen LogP contribution is 2.29. The van der Waals surface area contributed by atoms with Crippen LogP contribution in [0.1, 0.15) is 36.7 Å². The van der Waals surface area contributed by atoms with Crippen LogP contribution in [0, 0.1) is 0 Å². The summed E-state index contributed by atoms with van der Waals surface area (Å²) in [5.41, 5.74) is 4.10. The maximum Gasteiger partial charge on any atom is 0.150 e. The highest BCUT2D eigenvalue weighted by molar-refractivity contribution is 5.81. The minimum atomic E-state index is -0.00847. The van der Waals surface area contributed by atoms with Crippen LogP contribution in [0.25, 0.3) is 11.1 Å². The van der Waals surface area contributed by atoms with Gasteiger partial charge in [0, 0.05) is 5.56 Å². The standard InChI is InChI=1S/C17H18O/c1-17(2,3)16-10-9-14(11-15(16)12-18)13-7-5-4-6-8-13/h4-12H,1-3H3. The van der Waals surface area contributed by atoms with Crippen molar-refractivity contribution in [1.29, 1.82) is 0 Å². The molecule has 0 spiro atoms. The van der Waals surface area contributed by atoms with E-state index in [0.29, 0.717) is 0 Å². The Hall–Kier alpha value is -1.89. The van der Waals surface area contributed by atoms with Crippen LogP contribution in [0.2, 0.25) is 0 Å². The van der Waals surface area contributed by atoms with Crippen molar-refractivity contribution in [2.75, 3.05) is 0 Å². The van der Waals surface area contributed by atoms with Crippen LogP contribution < -0.4 is 0 Å². The molecule has 0 radical (unpaired) electrons. The molecule has 0 atom stereocenters. The van der Waals surface area contributed by atoms with Crippen molar-refractivity contribution in [3.8, 4) is 11.1 Å². The zero-order chi connectivity index (χ0) is 13.2. The Balaban J connectivity index is 2.52. The minimum Gasteiger partial charge on any atom is -0.298 e. The summed E-state index contributed by atoms with van der Waals surface area (Å²) in [7, 11) is 0. The van der Waals surface area contributed by atoms with E-state index in [1.165, 1.54) is 0 Å². The lowest BCUT2D eigenvalue weighted by Crippen LogP contribution is -2.14. The van der Waals surface area contributed by atoms with Gasteiger partial charge < -0.3 is 0 Å². The predicted molar refractivity (Wildman–Crippen MR) is 76.0 cm³/mol. The SMILES string of the molecule is CC(C)(C)c1ccc(-c2ccccc2)cc1C=O. The molecular weight excluding hydrogens is 220 g/mol. The van der Waals surface area contributed by atoms with Crippen LogP contribution in [-0.4, -0.2) is 6.29 Å². The topological polar surface area (TPSA) is 17.1 Å². The van der Waals surface area contributed by atoms with Crippen LogP contribution in [0.4, 0.5) is 0 Å². The summed E-state index contributed by atoms with van der Waals surface area (Å²) in [5, 5.41) is 0. The lowest BCUT2D eigenvalue weighted by Gasteiger charge is -2.21.